The van der Waals surface area contributed by atoms with Gasteiger partial charge in [-0.15, -0.1) is 0 Å². The minimum atomic E-state index is -0.564. The lowest BCUT2D eigenvalue weighted by atomic mass is 10.1. The van der Waals surface area contributed by atoms with Crippen LogP contribution in [-0.2, 0) is 9.59 Å². The Labute approximate surface area is 146 Å². The first kappa shape index (κ1) is 17.7. The Hall–Kier alpha value is -2.70. The molecule has 24 heavy (non-hydrogen) atoms. The van der Waals surface area contributed by atoms with Gasteiger partial charge in [-0.05, 0) is 30.0 Å². The lowest BCUT2D eigenvalue weighted by Gasteiger charge is -2.02. The molecule has 1 N–H and O–H groups in total. The maximum Gasteiger partial charge on any atom is 0.308 e. The molecule has 0 atom stereocenters. The highest BCUT2D eigenvalue weighted by atomic mass is 32.2. The summed E-state index contributed by atoms with van der Waals surface area (Å²) < 4.78 is 8.95. The summed E-state index contributed by atoms with van der Waals surface area (Å²) in [5.74, 6) is -0.594. The highest BCUT2D eigenvalue weighted by Gasteiger charge is 2.12. The number of carbonyl (C=O) groups excluding carboxylic acids is 2. The van der Waals surface area contributed by atoms with Crippen LogP contribution in [0.25, 0.3) is 6.08 Å². The standard InChI is InChI=1S/C15H12N4O3S2/c1-9(20)22-12-5-3-10(4-6-12)7-11(8-16)13(21)17-14-18-15(23-2)19-24-14/h3-7H,1-2H3,(H,17,18,19,21)/b11-7-. The van der Waals surface area contributed by atoms with Crippen molar-refractivity contribution >= 4 is 46.4 Å². The van der Waals surface area contributed by atoms with Crippen LogP contribution in [0.3, 0.4) is 0 Å². The molecule has 0 bridgehead atoms. The summed E-state index contributed by atoms with van der Waals surface area (Å²) in [5.41, 5.74) is 0.552. The van der Waals surface area contributed by atoms with Crippen LogP contribution in [0.2, 0.25) is 0 Å². The van der Waals surface area contributed by atoms with Gasteiger partial charge in [0.15, 0.2) is 0 Å². The molecular formula is C15H12N4O3S2. The van der Waals surface area contributed by atoms with E-state index in [9.17, 15) is 14.9 Å². The topological polar surface area (TPSA) is 105 Å². The zero-order valence-corrected chi connectivity index (χ0v) is 14.4. The minimum absolute atomic E-state index is 0.0730. The van der Waals surface area contributed by atoms with Crippen molar-refractivity contribution in [3.8, 4) is 11.8 Å². The van der Waals surface area contributed by atoms with Gasteiger partial charge in [-0.25, -0.2) is 0 Å². The molecule has 0 radical (unpaired) electrons. The van der Waals surface area contributed by atoms with Crippen molar-refractivity contribution in [3.05, 3.63) is 35.4 Å². The summed E-state index contributed by atoms with van der Waals surface area (Å²) in [6, 6.07) is 8.29. The molecule has 0 saturated heterocycles. The fourth-order valence-electron chi connectivity index (χ4n) is 1.62. The van der Waals surface area contributed by atoms with Gasteiger partial charge in [-0.1, -0.05) is 23.9 Å². The number of benzene rings is 1. The summed E-state index contributed by atoms with van der Waals surface area (Å²) in [6.45, 7) is 1.31. The number of thioether (sulfide) groups is 1. The number of nitrogens with one attached hydrogen (secondary N) is 1. The number of rotatable bonds is 5. The molecule has 7 nitrogen and oxygen atoms in total. The van der Waals surface area contributed by atoms with Crippen LogP contribution >= 0.6 is 23.3 Å². The van der Waals surface area contributed by atoms with Gasteiger partial charge in [0.1, 0.15) is 17.4 Å². The molecule has 1 aromatic carbocycles. The number of esters is 1. The average Bonchev–Trinajstić information content (AvgIpc) is 3.01. The van der Waals surface area contributed by atoms with Crippen molar-refractivity contribution in [1.82, 2.24) is 9.36 Å². The van der Waals surface area contributed by atoms with Gasteiger partial charge in [0.25, 0.3) is 5.91 Å². The largest absolute Gasteiger partial charge is 0.427 e. The molecule has 122 valence electrons. The average molecular weight is 360 g/mol. The quantitative estimate of drug-likeness (QED) is 0.287. The summed E-state index contributed by atoms with van der Waals surface area (Å²) in [7, 11) is 0. The van der Waals surface area contributed by atoms with Gasteiger partial charge in [0.05, 0.1) is 0 Å². The molecule has 2 aromatic rings. The molecule has 0 unspecified atom stereocenters. The van der Waals surface area contributed by atoms with Gasteiger partial charge < -0.3 is 4.74 Å². The van der Waals surface area contributed by atoms with E-state index in [1.807, 2.05) is 12.3 Å². The fraction of sp³-hybridized carbons (Fsp3) is 0.133. The second kappa shape index (κ2) is 8.24. The molecule has 0 spiro atoms. The van der Waals surface area contributed by atoms with E-state index in [1.54, 1.807) is 24.3 Å². The zero-order valence-electron chi connectivity index (χ0n) is 12.8. The molecule has 0 aliphatic rings. The zero-order chi connectivity index (χ0) is 17.5. The number of carbonyl (C=O) groups is 2. The summed E-state index contributed by atoms with van der Waals surface area (Å²) >= 11 is 2.41. The smallest absolute Gasteiger partial charge is 0.308 e. The van der Waals surface area contributed by atoms with E-state index in [-0.39, 0.29) is 5.57 Å². The molecular weight excluding hydrogens is 348 g/mol. The Morgan fingerprint density at radius 3 is 2.62 bits per heavy atom. The molecule has 0 fully saturated rings. The monoisotopic (exact) mass is 360 g/mol. The fourth-order valence-corrected chi connectivity index (χ4v) is 2.74. The van der Waals surface area contributed by atoms with E-state index < -0.39 is 11.9 Å². The Bertz CT molecular complexity index is 822. The Kier molecular flexibility index (Phi) is 6.06. The first-order valence-corrected chi connectivity index (χ1v) is 8.61. The third-order valence-corrected chi connectivity index (χ3v) is 3.92. The van der Waals surface area contributed by atoms with E-state index in [4.69, 9.17) is 4.74 Å². The van der Waals surface area contributed by atoms with Gasteiger partial charge in [-0.3, -0.25) is 14.9 Å². The van der Waals surface area contributed by atoms with Gasteiger partial charge in [0.2, 0.25) is 10.3 Å². The van der Waals surface area contributed by atoms with E-state index in [0.717, 1.165) is 11.5 Å². The van der Waals surface area contributed by atoms with Crippen molar-refractivity contribution in [2.75, 3.05) is 11.6 Å². The van der Waals surface area contributed by atoms with Crippen molar-refractivity contribution in [2.24, 2.45) is 0 Å². The van der Waals surface area contributed by atoms with Crippen molar-refractivity contribution in [1.29, 1.82) is 5.26 Å². The summed E-state index contributed by atoms with van der Waals surface area (Å²) in [4.78, 5) is 27.1. The number of nitrogens with zero attached hydrogens (tertiary/aromatic N) is 3. The number of ether oxygens (including phenoxy) is 1. The number of hydrogen-bond acceptors (Lipinski definition) is 8. The van der Waals surface area contributed by atoms with Crippen molar-refractivity contribution in [2.45, 2.75) is 12.1 Å². The van der Waals surface area contributed by atoms with E-state index in [1.165, 1.54) is 24.8 Å². The third kappa shape index (κ3) is 4.91. The number of anilines is 1. The van der Waals surface area contributed by atoms with Gasteiger partial charge in [-0.2, -0.15) is 14.6 Å². The molecule has 1 amide bonds. The van der Waals surface area contributed by atoms with Crippen LogP contribution in [-0.4, -0.2) is 27.5 Å². The first-order valence-electron chi connectivity index (χ1n) is 6.61. The Balaban J connectivity index is 2.11. The van der Waals surface area contributed by atoms with Gasteiger partial charge in [0, 0.05) is 18.5 Å². The second-order valence-electron chi connectivity index (χ2n) is 4.37. The summed E-state index contributed by atoms with van der Waals surface area (Å²) in [5, 5.41) is 12.6. The van der Waals surface area contributed by atoms with Crippen LogP contribution in [0.15, 0.2) is 35.0 Å². The normalized spacial score (nSPS) is 10.8. The maximum atomic E-state index is 12.1. The molecule has 0 saturated carbocycles. The Morgan fingerprint density at radius 1 is 1.38 bits per heavy atom. The highest BCUT2D eigenvalue weighted by Crippen LogP contribution is 2.19. The van der Waals surface area contributed by atoms with Gasteiger partial charge >= 0.3 is 5.97 Å². The predicted octanol–water partition coefficient (Wildman–Crippen LogP) is 2.73. The SMILES string of the molecule is CSc1nsc(NC(=O)/C(C#N)=C\c2ccc(OC(C)=O)cc2)n1. The van der Waals surface area contributed by atoms with Crippen LogP contribution < -0.4 is 10.1 Å². The van der Waals surface area contributed by atoms with E-state index in [0.29, 0.717) is 21.6 Å². The number of amides is 1. The number of aromatic nitrogens is 2. The molecule has 0 aliphatic heterocycles. The Morgan fingerprint density at radius 2 is 2.08 bits per heavy atom. The lowest BCUT2D eigenvalue weighted by molar-refractivity contribution is -0.131. The second-order valence-corrected chi connectivity index (χ2v) is 5.90. The molecule has 1 heterocycles. The molecule has 9 heteroatoms. The highest BCUT2D eigenvalue weighted by molar-refractivity contribution is 7.98. The molecule has 2 rings (SSSR count). The van der Waals surface area contributed by atoms with Crippen LogP contribution in [0.1, 0.15) is 12.5 Å². The van der Waals surface area contributed by atoms with Crippen LogP contribution in [0.4, 0.5) is 5.13 Å². The maximum absolute atomic E-state index is 12.1. The van der Waals surface area contributed by atoms with E-state index in [2.05, 4.69) is 14.7 Å². The number of hydrogen-bond donors (Lipinski definition) is 1. The first-order chi connectivity index (χ1) is 11.5. The van der Waals surface area contributed by atoms with Crippen LogP contribution in [0, 0.1) is 11.3 Å². The van der Waals surface area contributed by atoms with Crippen LogP contribution in [0.5, 0.6) is 5.75 Å². The minimum Gasteiger partial charge on any atom is -0.427 e. The number of nitriles is 1. The lowest BCUT2D eigenvalue weighted by Crippen LogP contribution is -2.13. The summed E-state index contributed by atoms with van der Waals surface area (Å²) in [6.07, 6.45) is 3.26. The van der Waals surface area contributed by atoms with Crippen molar-refractivity contribution in [3.63, 3.8) is 0 Å². The predicted molar refractivity (Wildman–Crippen MR) is 91.7 cm³/mol. The van der Waals surface area contributed by atoms with E-state index >= 15 is 0 Å². The third-order valence-electron chi connectivity index (χ3n) is 2.63. The molecule has 0 aliphatic carbocycles. The van der Waals surface area contributed by atoms with Crippen molar-refractivity contribution < 1.29 is 14.3 Å². The molecule has 1 aromatic heterocycles.